The van der Waals surface area contributed by atoms with Gasteiger partial charge in [0.2, 0.25) is 10.0 Å². The molecule has 0 unspecified atom stereocenters. The molecule has 0 aromatic heterocycles. The van der Waals surface area contributed by atoms with Gasteiger partial charge in [-0.15, -0.1) is 0 Å². The number of benzene rings is 2. The van der Waals surface area contributed by atoms with Crippen molar-refractivity contribution in [2.75, 3.05) is 31.6 Å². The molecule has 0 bridgehead atoms. The smallest absolute Gasteiger partial charge is 0.271 e. The molecule has 1 N–H and O–H groups in total. The van der Waals surface area contributed by atoms with Crippen molar-refractivity contribution in [2.24, 2.45) is 0 Å². The van der Waals surface area contributed by atoms with Crippen LogP contribution in [-0.2, 0) is 14.8 Å². The molecule has 1 fully saturated rings. The molecule has 29 heavy (non-hydrogen) atoms. The highest BCUT2D eigenvalue weighted by Gasteiger charge is 2.27. The second kappa shape index (κ2) is 8.27. The summed E-state index contributed by atoms with van der Waals surface area (Å²) in [6.07, 6.45) is 0. The van der Waals surface area contributed by atoms with Gasteiger partial charge in [0, 0.05) is 30.8 Å². The van der Waals surface area contributed by atoms with Crippen LogP contribution in [0.25, 0.3) is 0 Å². The summed E-state index contributed by atoms with van der Waals surface area (Å²) >= 11 is 0. The van der Waals surface area contributed by atoms with Gasteiger partial charge in [-0.2, -0.15) is 4.31 Å². The lowest BCUT2D eigenvalue weighted by Crippen LogP contribution is -2.40. The van der Waals surface area contributed by atoms with E-state index in [0.717, 1.165) is 0 Å². The number of carbonyl (C=O) groups is 1. The SMILES string of the molecule is Cc1ccc([N+](=O)[O-])cc1NC(=O)c1cc(S(=O)(=O)N2CCOCC2)ccc1C. The van der Waals surface area contributed by atoms with Crippen LogP contribution in [0.3, 0.4) is 0 Å². The lowest BCUT2D eigenvalue weighted by atomic mass is 10.1. The Bertz CT molecular complexity index is 1060. The van der Waals surface area contributed by atoms with E-state index in [1.165, 1.54) is 28.6 Å². The molecule has 0 radical (unpaired) electrons. The summed E-state index contributed by atoms with van der Waals surface area (Å²) in [5, 5.41) is 13.6. The average molecular weight is 419 g/mol. The lowest BCUT2D eigenvalue weighted by molar-refractivity contribution is -0.384. The van der Waals surface area contributed by atoms with E-state index < -0.39 is 20.9 Å². The Hall–Kier alpha value is -2.82. The predicted octanol–water partition coefficient (Wildman–Crippen LogP) is 2.48. The van der Waals surface area contributed by atoms with Crippen LogP contribution >= 0.6 is 0 Å². The van der Waals surface area contributed by atoms with Gasteiger partial charge in [0.25, 0.3) is 11.6 Å². The number of nitro benzene ring substituents is 1. The van der Waals surface area contributed by atoms with Gasteiger partial charge in [-0.25, -0.2) is 8.42 Å². The summed E-state index contributed by atoms with van der Waals surface area (Å²) in [7, 11) is -3.75. The van der Waals surface area contributed by atoms with Crippen LogP contribution in [0.15, 0.2) is 41.3 Å². The molecule has 1 aliphatic rings. The molecular weight excluding hydrogens is 398 g/mol. The highest BCUT2D eigenvalue weighted by molar-refractivity contribution is 7.89. The third-order valence-electron chi connectivity index (χ3n) is 4.74. The molecule has 2 aromatic carbocycles. The van der Waals surface area contributed by atoms with Gasteiger partial charge in [0.1, 0.15) is 0 Å². The number of sulfonamides is 1. The van der Waals surface area contributed by atoms with Gasteiger partial charge < -0.3 is 10.1 Å². The summed E-state index contributed by atoms with van der Waals surface area (Å²) in [5.74, 6) is -0.537. The fourth-order valence-electron chi connectivity index (χ4n) is 2.99. The number of carbonyl (C=O) groups excluding carboxylic acids is 1. The monoisotopic (exact) mass is 419 g/mol. The third kappa shape index (κ3) is 4.44. The summed E-state index contributed by atoms with van der Waals surface area (Å²) in [6.45, 7) is 4.57. The Kier molecular flexibility index (Phi) is 5.96. The van der Waals surface area contributed by atoms with Crippen molar-refractivity contribution in [3.05, 3.63) is 63.2 Å². The van der Waals surface area contributed by atoms with E-state index in [0.29, 0.717) is 30.0 Å². The number of anilines is 1. The van der Waals surface area contributed by atoms with E-state index >= 15 is 0 Å². The number of nitrogens with one attached hydrogen (secondary N) is 1. The van der Waals surface area contributed by atoms with E-state index in [4.69, 9.17) is 4.74 Å². The Morgan fingerprint density at radius 3 is 2.41 bits per heavy atom. The van der Waals surface area contributed by atoms with Crippen LogP contribution in [-0.4, -0.2) is 49.9 Å². The molecule has 0 atom stereocenters. The molecule has 1 heterocycles. The molecule has 0 saturated carbocycles. The van der Waals surface area contributed by atoms with Crippen LogP contribution < -0.4 is 5.32 Å². The predicted molar refractivity (Wildman–Crippen MR) is 107 cm³/mol. The zero-order chi connectivity index (χ0) is 21.2. The number of hydrogen-bond donors (Lipinski definition) is 1. The molecule has 1 aliphatic heterocycles. The second-order valence-electron chi connectivity index (χ2n) is 6.70. The Morgan fingerprint density at radius 2 is 1.76 bits per heavy atom. The number of non-ortho nitro benzene ring substituents is 1. The molecule has 3 rings (SSSR count). The van der Waals surface area contributed by atoms with E-state index in [-0.39, 0.29) is 29.2 Å². The number of ether oxygens (including phenoxy) is 1. The maximum Gasteiger partial charge on any atom is 0.271 e. The summed E-state index contributed by atoms with van der Waals surface area (Å²) in [5.41, 5.74) is 1.58. The highest BCUT2D eigenvalue weighted by Crippen LogP contribution is 2.25. The van der Waals surface area contributed by atoms with Crippen LogP contribution in [0.4, 0.5) is 11.4 Å². The topological polar surface area (TPSA) is 119 Å². The Labute approximate surface area is 168 Å². The maximum absolute atomic E-state index is 12.9. The minimum atomic E-state index is -3.75. The minimum Gasteiger partial charge on any atom is -0.379 e. The number of nitrogens with zero attached hydrogens (tertiary/aromatic N) is 2. The number of nitro groups is 1. The van der Waals surface area contributed by atoms with Crippen LogP contribution in [0.1, 0.15) is 21.5 Å². The van der Waals surface area contributed by atoms with Crippen LogP contribution in [0.5, 0.6) is 0 Å². The average Bonchev–Trinajstić information content (AvgIpc) is 2.70. The molecule has 0 spiro atoms. The van der Waals surface area contributed by atoms with Gasteiger partial charge in [-0.1, -0.05) is 12.1 Å². The molecule has 0 aliphatic carbocycles. The molecule has 10 heteroatoms. The quantitative estimate of drug-likeness (QED) is 0.587. The zero-order valence-corrected chi connectivity index (χ0v) is 16.9. The first-order chi connectivity index (χ1) is 13.7. The second-order valence-corrected chi connectivity index (χ2v) is 8.64. The zero-order valence-electron chi connectivity index (χ0n) is 16.0. The van der Waals surface area contributed by atoms with Gasteiger partial charge in [-0.05, 0) is 37.1 Å². The van der Waals surface area contributed by atoms with Crippen molar-refractivity contribution in [3.8, 4) is 0 Å². The van der Waals surface area contributed by atoms with Gasteiger partial charge >= 0.3 is 0 Å². The van der Waals surface area contributed by atoms with E-state index in [1.807, 2.05) is 0 Å². The van der Waals surface area contributed by atoms with E-state index in [9.17, 15) is 23.3 Å². The molecule has 1 saturated heterocycles. The van der Waals surface area contributed by atoms with Gasteiger partial charge in [0.15, 0.2) is 0 Å². The molecule has 154 valence electrons. The number of rotatable bonds is 5. The fraction of sp³-hybridized carbons (Fsp3) is 0.316. The van der Waals surface area contributed by atoms with E-state index in [2.05, 4.69) is 5.32 Å². The fourth-order valence-corrected chi connectivity index (χ4v) is 4.42. The van der Waals surface area contributed by atoms with Gasteiger partial charge in [-0.3, -0.25) is 14.9 Å². The van der Waals surface area contributed by atoms with Crippen molar-refractivity contribution in [1.29, 1.82) is 0 Å². The van der Waals surface area contributed by atoms with Crippen molar-refractivity contribution in [1.82, 2.24) is 4.31 Å². The number of morpholine rings is 1. The Balaban J connectivity index is 1.91. The minimum absolute atomic E-state index is 0.0194. The third-order valence-corrected chi connectivity index (χ3v) is 6.64. The van der Waals surface area contributed by atoms with Crippen molar-refractivity contribution in [2.45, 2.75) is 18.7 Å². The summed E-state index contributed by atoms with van der Waals surface area (Å²) in [4.78, 5) is 23.3. The number of aryl methyl sites for hydroxylation is 2. The van der Waals surface area contributed by atoms with Crippen LogP contribution in [0, 0.1) is 24.0 Å². The van der Waals surface area contributed by atoms with Gasteiger partial charge in [0.05, 0.1) is 28.7 Å². The molecule has 2 aromatic rings. The van der Waals surface area contributed by atoms with Crippen molar-refractivity contribution < 1.29 is 22.9 Å². The first-order valence-corrected chi connectivity index (χ1v) is 10.4. The Morgan fingerprint density at radius 1 is 1.10 bits per heavy atom. The van der Waals surface area contributed by atoms with Crippen LogP contribution in [0.2, 0.25) is 0 Å². The maximum atomic E-state index is 12.9. The number of amides is 1. The normalized spacial score (nSPS) is 15.1. The standard InChI is InChI=1S/C19H21N3O6S/c1-13-4-6-16(29(26,27)21-7-9-28-10-8-21)12-17(13)19(23)20-18-11-15(22(24)25)5-3-14(18)2/h3-6,11-12H,7-10H2,1-2H3,(H,20,23). The van der Waals surface area contributed by atoms with Crippen molar-refractivity contribution >= 4 is 27.3 Å². The largest absolute Gasteiger partial charge is 0.379 e. The molecule has 9 nitrogen and oxygen atoms in total. The highest BCUT2D eigenvalue weighted by atomic mass is 32.2. The van der Waals surface area contributed by atoms with Crippen molar-refractivity contribution in [3.63, 3.8) is 0 Å². The summed E-state index contributed by atoms with van der Waals surface area (Å²) in [6, 6.07) is 8.54. The first kappa shape index (κ1) is 20.9. The number of hydrogen-bond acceptors (Lipinski definition) is 6. The molecule has 1 amide bonds. The summed E-state index contributed by atoms with van der Waals surface area (Å²) < 4.78 is 32.3. The molecular formula is C19H21N3O6S. The first-order valence-electron chi connectivity index (χ1n) is 8.95. The lowest BCUT2D eigenvalue weighted by Gasteiger charge is -2.26. The van der Waals surface area contributed by atoms with E-state index in [1.54, 1.807) is 26.0 Å².